The molecule has 1 saturated heterocycles. The number of thioether (sulfide) groups is 2. The number of ether oxygens (including phenoxy) is 1. The summed E-state index contributed by atoms with van der Waals surface area (Å²) in [6.07, 6.45) is -5.10. The van der Waals surface area contributed by atoms with Gasteiger partial charge >= 0.3 is 11.3 Å². The van der Waals surface area contributed by atoms with Crippen LogP contribution in [0, 0.1) is 13.8 Å². The lowest BCUT2D eigenvalue weighted by Gasteiger charge is -2.19. The van der Waals surface area contributed by atoms with Crippen molar-refractivity contribution in [3.63, 3.8) is 0 Å². The van der Waals surface area contributed by atoms with Crippen LogP contribution in [0.15, 0.2) is 77.1 Å². The summed E-state index contributed by atoms with van der Waals surface area (Å²) < 4.78 is 18.4. The zero-order valence-corrected chi connectivity index (χ0v) is 26.7. The Bertz CT molecular complexity index is 2290. The summed E-state index contributed by atoms with van der Waals surface area (Å²) in [5, 5.41) is 33.5. The van der Waals surface area contributed by atoms with Gasteiger partial charge in [0.15, 0.2) is 17.0 Å². The molecule has 7 rings (SSSR count). The average molecular weight is 676 g/mol. The van der Waals surface area contributed by atoms with E-state index in [1.54, 1.807) is 24.3 Å². The predicted molar refractivity (Wildman–Crippen MR) is 176 cm³/mol. The Morgan fingerprint density at radius 1 is 0.830 bits per heavy atom. The maximum absolute atomic E-state index is 12.9. The van der Waals surface area contributed by atoms with Crippen LogP contribution in [-0.4, -0.2) is 59.8 Å². The van der Waals surface area contributed by atoms with Crippen LogP contribution < -0.4 is 17.0 Å². The van der Waals surface area contributed by atoms with Gasteiger partial charge in [-0.2, -0.15) is 4.98 Å². The number of hydrogen-bond donors (Lipinski definition) is 4. The third kappa shape index (κ3) is 5.90. The standard InChI is InChI=1S/C32H29N5O8S2/c1-14-3-5-20-16(7-14)9-18(29(41)44-20)12-46-27-23-26(35-31(33)36-27)37(28-25(40)24(39)22(11-38)43-28)32(34-23)47-13-19-10-17-8-15(2)4-6-21(17)45-30(19)42/h3-10,22,24-25,28,38-40H,11-13H2,1-2H3,(H2,33,35,36)/t22-,24-,25-,28-/m1/s1. The van der Waals surface area contributed by atoms with Crippen LogP contribution in [0.1, 0.15) is 28.5 Å². The van der Waals surface area contributed by atoms with Crippen LogP contribution in [0.25, 0.3) is 33.1 Å². The molecule has 15 heteroatoms. The molecule has 242 valence electrons. The average Bonchev–Trinajstić information content (AvgIpc) is 3.54. The highest BCUT2D eigenvalue weighted by Gasteiger charge is 2.45. The Hall–Kier alpha value is -4.25. The van der Waals surface area contributed by atoms with E-state index in [1.807, 2.05) is 38.1 Å². The number of aliphatic hydroxyl groups excluding tert-OH is 3. The molecule has 0 bridgehead atoms. The first-order valence-electron chi connectivity index (χ1n) is 14.6. The lowest BCUT2D eigenvalue weighted by Crippen LogP contribution is -2.33. The van der Waals surface area contributed by atoms with Crippen molar-refractivity contribution in [1.82, 2.24) is 19.5 Å². The van der Waals surface area contributed by atoms with Gasteiger partial charge in [0.05, 0.1) is 6.61 Å². The molecule has 4 aromatic heterocycles. The zero-order valence-electron chi connectivity index (χ0n) is 25.1. The number of fused-ring (bicyclic) bond motifs is 3. The molecule has 0 radical (unpaired) electrons. The minimum Gasteiger partial charge on any atom is -0.423 e. The van der Waals surface area contributed by atoms with Crippen molar-refractivity contribution in [2.45, 2.75) is 60.1 Å². The SMILES string of the molecule is Cc1ccc2oc(=O)c(CSc3nc(N)nc4c3nc(SCc3cc5cc(C)ccc5oc3=O)n4[C@@H]3O[C@H](CO)[C@@H](O)[C@H]3O)cc2c1. The number of aliphatic hydroxyl groups is 3. The molecule has 0 unspecified atom stereocenters. The van der Waals surface area contributed by atoms with Crippen LogP contribution in [0.2, 0.25) is 0 Å². The number of imidazole rings is 1. The number of nitrogens with two attached hydrogens (primary N) is 1. The molecule has 0 aliphatic carbocycles. The van der Waals surface area contributed by atoms with Crippen molar-refractivity contribution in [3.05, 3.63) is 91.6 Å². The van der Waals surface area contributed by atoms with Gasteiger partial charge in [-0.1, -0.05) is 46.8 Å². The Kier molecular flexibility index (Phi) is 8.28. The first kappa shape index (κ1) is 31.4. The summed E-state index contributed by atoms with van der Waals surface area (Å²) >= 11 is 2.36. The molecule has 1 fully saturated rings. The highest BCUT2D eigenvalue weighted by molar-refractivity contribution is 7.98. The van der Waals surface area contributed by atoms with Gasteiger partial charge in [-0.25, -0.2) is 19.6 Å². The fourth-order valence-corrected chi connectivity index (χ4v) is 7.43. The fraction of sp³-hybridized carbons (Fsp3) is 0.281. The second-order valence-corrected chi connectivity index (χ2v) is 13.2. The van der Waals surface area contributed by atoms with E-state index in [-0.39, 0.29) is 28.3 Å². The molecule has 47 heavy (non-hydrogen) atoms. The third-order valence-electron chi connectivity index (χ3n) is 7.91. The smallest absolute Gasteiger partial charge is 0.340 e. The quantitative estimate of drug-likeness (QED) is 0.104. The molecule has 2 aromatic carbocycles. The zero-order chi connectivity index (χ0) is 33.0. The van der Waals surface area contributed by atoms with E-state index in [2.05, 4.69) is 9.97 Å². The fourth-order valence-electron chi connectivity index (χ4n) is 5.53. The molecular formula is C32H29N5O8S2. The van der Waals surface area contributed by atoms with E-state index >= 15 is 0 Å². The lowest BCUT2D eigenvalue weighted by molar-refractivity contribution is -0.0548. The molecule has 0 amide bonds. The normalized spacial score (nSPS) is 19.8. The molecular weight excluding hydrogens is 647 g/mol. The van der Waals surface area contributed by atoms with E-state index in [9.17, 15) is 24.9 Å². The second-order valence-electron chi connectivity index (χ2n) is 11.3. The summed E-state index contributed by atoms with van der Waals surface area (Å²) in [6, 6.07) is 14.6. The number of nitrogen functional groups attached to an aromatic ring is 1. The summed E-state index contributed by atoms with van der Waals surface area (Å²) in [7, 11) is 0. The largest absolute Gasteiger partial charge is 0.423 e. The number of benzene rings is 2. The van der Waals surface area contributed by atoms with E-state index < -0.39 is 42.4 Å². The van der Waals surface area contributed by atoms with Gasteiger partial charge in [0, 0.05) is 33.4 Å². The summed E-state index contributed by atoms with van der Waals surface area (Å²) in [4.78, 5) is 39.2. The minimum atomic E-state index is -1.45. The Morgan fingerprint density at radius 2 is 1.43 bits per heavy atom. The molecule has 6 aromatic rings. The van der Waals surface area contributed by atoms with E-state index in [1.165, 1.54) is 16.3 Å². The van der Waals surface area contributed by atoms with Crippen molar-refractivity contribution < 1.29 is 28.9 Å². The van der Waals surface area contributed by atoms with Crippen LogP contribution in [0.4, 0.5) is 5.95 Å². The van der Waals surface area contributed by atoms with E-state index in [0.717, 1.165) is 33.7 Å². The minimum absolute atomic E-state index is 0.101. The highest BCUT2D eigenvalue weighted by Crippen LogP contribution is 2.39. The van der Waals surface area contributed by atoms with Crippen molar-refractivity contribution in [3.8, 4) is 0 Å². The van der Waals surface area contributed by atoms with Crippen molar-refractivity contribution in [2.24, 2.45) is 0 Å². The molecule has 4 atom stereocenters. The van der Waals surface area contributed by atoms with Gasteiger partial charge in [0.2, 0.25) is 5.95 Å². The monoisotopic (exact) mass is 675 g/mol. The topological polar surface area (TPSA) is 200 Å². The van der Waals surface area contributed by atoms with Gasteiger partial charge in [-0.3, -0.25) is 4.57 Å². The predicted octanol–water partition coefficient (Wildman–Crippen LogP) is 3.43. The molecule has 0 spiro atoms. The van der Waals surface area contributed by atoms with E-state index in [4.69, 9.17) is 24.3 Å². The van der Waals surface area contributed by atoms with Crippen molar-refractivity contribution >= 4 is 62.6 Å². The molecule has 5 N–H and O–H groups in total. The Balaban J connectivity index is 1.28. The first-order valence-corrected chi connectivity index (χ1v) is 16.6. The van der Waals surface area contributed by atoms with Gasteiger partial charge in [0.25, 0.3) is 0 Å². The number of nitrogens with zero attached hydrogens (tertiary/aromatic N) is 4. The Morgan fingerprint density at radius 3 is 2.00 bits per heavy atom. The lowest BCUT2D eigenvalue weighted by atomic mass is 10.1. The first-order chi connectivity index (χ1) is 22.6. The van der Waals surface area contributed by atoms with Crippen molar-refractivity contribution in [2.75, 3.05) is 12.3 Å². The summed E-state index contributed by atoms with van der Waals surface area (Å²) in [5.74, 6) is 0.211. The Labute approximate surface area is 274 Å². The maximum atomic E-state index is 12.9. The second kappa shape index (κ2) is 12.4. The third-order valence-corrected chi connectivity index (χ3v) is 9.92. The maximum Gasteiger partial charge on any atom is 0.340 e. The van der Waals surface area contributed by atoms with Crippen molar-refractivity contribution in [1.29, 1.82) is 0 Å². The molecule has 5 heterocycles. The molecule has 1 aliphatic rings. The molecule has 13 nitrogen and oxygen atoms in total. The molecule has 1 aliphatic heterocycles. The highest BCUT2D eigenvalue weighted by atomic mass is 32.2. The van der Waals surface area contributed by atoms with Gasteiger partial charge in [-0.15, -0.1) is 0 Å². The van der Waals surface area contributed by atoms with Gasteiger partial charge in [-0.05, 0) is 50.2 Å². The van der Waals surface area contributed by atoms with Gasteiger partial charge < -0.3 is 34.6 Å². The van der Waals surface area contributed by atoms with Crippen LogP contribution in [-0.2, 0) is 16.2 Å². The number of hydrogen-bond acceptors (Lipinski definition) is 14. The van der Waals surface area contributed by atoms with Crippen LogP contribution in [0.5, 0.6) is 0 Å². The van der Waals surface area contributed by atoms with Crippen LogP contribution in [0.3, 0.4) is 0 Å². The number of aromatic nitrogens is 4. The molecule has 0 saturated carbocycles. The summed E-state index contributed by atoms with van der Waals surface area (Å²) in [6.45, 7) is 3.36. The number of rotatable bonds is 8. The summed E-state index contributed by atoms with van der Waals surface area (Å²) in [5.41, 5.74) is 9.42. The number of aryl methyl sites for hydroxylation is 2. The van der Waals surface area contributed by atoms with E-state index in [0.29, 0.717) is 32.8 Å². The van der Waals surface area contributed by atoms with Gasteiger partial charge in [0.1, 0.15) is 40.0 Å². The number of anilines is 1. The van der Waals surface area contributed by atoms with Crippen LogP contribution >= 0.6 is 23.5 Å².